The fourth-order valence-corrected chi connectivity index (χ4v) is 7.01. The number of nitroso groups, excluding NO2 is 1. The molecule has 4 heteroatoms. The van der Waals surface area contributed by atoms with E-state index in [1.54, 1.807) is 0 Å². The summed E-state index contributed by atoms with van der Waals surface area (Å²) >= 11 is 2.17. The lowest BCUT2D eigenvalue weighted by atomic mass is 9.74. The van der Waals surface area contributed by atoms with Crippen molar-refractivity contribution in [1.29, 1.82) is 0 Å². The third kappa shape index (κ3) is 7.00. The molecule has 166 valence electrons. The second-order valence-corrected chi connectivity index (χ2v) is 12.1. The molecular weight excluding hydrogens is 366 g/mol. The molecule has 2 aliphatic carbocycles. The normalized spacial score (nSPS) is 39.7. The summed E-state index contributed by atoms with van der Waals surface area (Å²) in [5.41, 5.74) is 0.245. The summed E-state index contributed by atoms with van der Waals surface area (Å²) in [6.07, 6.45) is 4.98. The number of nitrogens with zero attached hydrogens (tertiary/aromatic N) is 1. The van der Waals surface area contributed by atoms with Crippen LogP contribution in [0.15, 0.2) is 5.18 Å². The third-order valence-corrected chi connectivity index (χ3v) is 9.18. The Labute approximate surface area is 179 Å². The van der Waals surface area contributed by atoms with E-state index in [1.165, 1.54) is 6.42 Å². The molecule has 2 aliphatic rings. The monoisotopic (exact) mass is 413 g/mol. The van der Waals surface area contributed by atoms with Gasteiger partial charge in [-0.1, -0.05) is 67.5 Å². The molecule has 2 rings (SSSR count). The van der Waals surface area contributed by atoms with Crippen LogP contribution in [0.2, 0.25) is 0 Å². The Morgan fingerprint density at radius 1 is 0.929 bits per heavy atom. The van der Waals surface area contributed by atoms with Crippen LogP contribution in [0, 0.1) is 39.9 Å². The van der Waals surface area contributed by atoms with E-state index in [1.807, 2.05) is 13.8 Å². The molecule has 1 N–H and O–H groups in total. The van der Waals surface area contributed by atoms with Crippen molar-refractivity contribution in [1.82, 2.24) is 0 Å². The molecule has 0 bridgehead atoms. The first-order valence-corrected chi connectivity index (χ1v) is 12.6. The Morgan fingerprint density at radius 2 is 1.46 bits per heavy atom. The Morgan fingerprint density at radius 3 is 1.96 bits per heavy atom. The van der Waals surface area contributed by atoms with E-state index < -0.39 is 0 Å². The van der Waals surface area contributed by atoms with Crippen molar-refractivity contribution >= 4 is 11.8 Å². The average molecular weight is 414 g/mol. The first-order valence-electron chi connectivity index (χ1n) is 11.7. The van der Waals surface area contributed by atoms with E-state index in [-0.39, 0.29) is 17.6 Å². The van der Waals surface area contributed by atoms with Crippen LogP contribution in [0.1, 0.15) is 94.4 Å². The first-order chi connectivity index (χ1) is 13.0. The van der Waals surface area contributed by atoms with E-state index in [0.29, 0.717) is 40.1 Å². The quantitative estimate of drug-likeness (QED) is 0.393. The van der Waals surface area contributed by atoms with Gasteiger partial charge >= 0.3 is 0 Å². The van der Waals surface area contributed by atoms with Gasteiger partial charge in [0, 0.05) is 10.5 Å². The molecule has 0 radical (unpaired) electrons. The molecule has 28 heavy (non-hydrogen) atoms. The van der Waals surface area contributed by atoms with Gasteiger partial charge in [-0.2, -0.15) is 16.7 Å². The van der Waals surface area contributed by atoms with E-state index in [0.717, 1.165) is 25.7 Å². The SMILES string of the molecule is CC.CC(C)C1CC(SC2CC(C(C)(C)C)CC(O)CC2C)C(C)CC1N=O. The number of hydrogen-bond acceptors (Lipinski definition) is 4. The van der Waals surface area contributed by atoms with Crippen molar-refractivity contribution < 1.29 is 5.11 Å². The number of thioether (sulfide) groups is 1. The minimum atomic E-state index is -0.157. The van der Waals surface area contributed by atoms with Crippen LogP contribution >= 0.6 is 11.8 Å². The summed E-state index contributed by atoms with van der Waals surface area (Å²) in [5, 5.41) is 15.2. The van der Waals surface area contributed by atoms with E-state index in [2.05, 4.69) is 65.4 Å². The molecule has 8 atom stereocenters. The molecule has 0 saturated heterocycles. The van der Waals surface area contributed by atoms with Crippen molar-refractivity contribution in [3.8, 4) is 0 Å². The van der Waals surface area contributed by atoms with Crippen LogP contribution in [0.3, 0.4) is 0 Å². The second-order valence-electron chi connectivity index (χ2n) is 10.6. The highest BCUT2D eigenvalue weighted by molar-refractivity contribution is 8.00. The predicted octanol–water partition coefficient (Wildman–Crippen LogP) is 7.16. The largest absolute Gasteiger partial charge is 0.393 e. The van der Waals surface area contributed by atoms with Gasteiger partial charge in [-0.15, -0.1) is 0 Å². The Balaban J connectivity index is 0.00000190. The smallest absolute Gasteiger partial charge is 0.0953 e. The van der Waals surface area contributed by atoms with Gasteiger partial charge in [-0.3, -0.25) is 0 Å². The zero-order valence-electron chi connectivity index (χ0n) is 19.9. The summed E-state index contributed by atoms with van der Waals surface area (Å²) < 4.78 is 0. The minimum Gasteiger partial charge on any atom is -0.393 e. The lowest BCUT2D eigenvalue weighted by molar-refractivity contribution is 0.101. The summed E-state index contributed by atoms with van der Waals surface area (Å²) in [6.45, 7) is 20.1. The van der Waals surface area contributed by atoms with Crippen LogP contribution < -0.4 is 0 Å². The van der Waals surface area contributed by atoms with Crippen LogP contribution in [-0.4, -0.2) is 27.8 Å². The molecule has 0 aromatic carbocycles. The predicted molar refractivity (Wildman–Crippen MR) is 125 cm³/mol. The summed E-state index contributed by atoms with van der Waals surface area (Å²) in [7, 11) is 0. The molecule has 2 saturated carbocycles. The van der Waals surface area contributed by atoms with Gasteiger partial charge in [0.2, 0.25) is 0 Å². The van der Waals surface area contributed by atoms with Gasteiger partial charge in [-0.05, 0) is 67.1 Å². The van der Waals surface area contributed by atoms with Crippen molar-refractivity contribution in [3.63, 3.8) is 0 Å². The molecule has 0 spiro atoms. The van der Waals surface area contributed by atoms with Crippen molar-refractivity contribution in [2.75, 3.05) is 0 Å². The molecule has 0 amide bonds. The molecule has 2 fully saturated rings. The Hall–Kier alpha value is -0.0900. The molecular formula is C24H47NO2S. The Bertz CT molecular complexity index is 462. The number of aliphatic hydroxyl groups excluding tert-OH is 1. The molecule has 3 nitrogen and oxygen atoms in total. The van der Waals surface area contributed by atoms with Crippen molar-refractivity contribution in [3.05, 3.63) is 4.91 Å². The third-order valence-electron chi connectivity index (χ3n) is 7.16. The molecule has 0 aromatic rings. The summed E-state index contributed by atoms with van der Waals surface area (Å²) in [5.74, 6) is 2.61. The second kappa shape index (κ2) is 11.3. The van der Waals surface area contributed by atoms with Gasteiger partial charge in [0.05, 0.1) is 12.1 Å². The average Bonchev–Trinajstić information content (AvgIpc) is 2.75. The maximum Gasteiger partial charge on any atom is 0.0953 e. The first kappa shape index (κ1) is 25.9. The van der Waals surface area contributed by atoms with Crippen LogP contribution in [0.25, 0.3) is 0 Å². The maximum absolute atomic E-state index is 11.3. The molecule has 0 aliphatic heterocycles. The van der Waals surface area contributed by atoms with Crippen molar-refractivity contribution in [2.45, 2.75) is 117 Å². The zero-order chi connectivity index (χ0) is 21.6. The fraction of sp³-hybridized carbons (Fsp3) is 1.00. The zero-order valence-corrected chi connectivity index (χ0v) is 20.8. The van der Waals surface area contributed by atoms with E-state index in [9.17, 15) is 10.0 Å². The van der Waals surface area contributed by atoms with Gasteiger partial charge in [-0.25, -0.2) is 0 Å². The van der Waals surface area contributed by atoms with Crippen LogP contribution in [-0.2, 0) is 0 Å². The summed E-state index contributed by atoms with van der Waals surface area (Å²) in [4.78, 5) is 11.3. The highest BCUT2D eigenvalue weighted by atomic mass is 32.2. The van der Waals surface area contributed by atoms with Crippen LogP contribution in [0.4, 0.5) is 0 Å². The van der Waals surface area contributed by atoms with E-state index in [4.69, 9.17) is 0 Å². The molecule has 0 aromatic heterocycles. The number of rotatable bonds is 4. The van der Waals surface area contributed by atoms with E-state index >= 15 is 0 Å². The minimum absolute atomic E-state index is 0.00227. The standard InChI is InChI=1S/C22H41NO2S.C2H6/c1-13(2)18-12-21(15(4)9-19(18)23-25)26-20-11-16(22(5,6)7)10-17(24)8-14(20)3;1-2/h13-21,24H,8-12H2,1-7H3;1-2H3. The molecule has 0 heterocycles. The Kier molecular flexibility index (Phi) is 10.5. The van der Waals surface area contributed by atoms with Gasteiger partial charge in [0.15, 0.2) is 0 Å². The van der Waals surface area contributed by atoms with Crippen LogP contribution in [0.5, 0.6) is 0 Å². The topological polar surface area (TPSA) is 49.7 Å². The summed E-state index contributed by atoms with van der Waals surface area (Å²) in [6, 6.07) is -0.00227. The highest BCUT2D eigenvalue weighted by Gasteiger charge is 2.41. The lowest BCUT2D eigenvalue weighted by Gasteiger charge is -2.41. The molecule has 8 unspecified atom stereocenters. The lowest BCUT2D eigenvalue weighted by Crippen LogP contribution is -2.39. The van der Waals surface area contributed by atoms with Gasteiger partial charge < -0.3 is 5.11 Å². The maximum atomic E-state index is 11.3. The van der Waals surface area contributed by atoms with Gasteiger partial charge in [0.1, 0.15) is 0 Å². The van der Waals surface area contributed by atoms with Gasteiger partial charge in [0.25, 0.3) is 0 Å². The fourth-order valence-electron chi connectivity index (χ4n) is 5.13. The number of hydrogen-bond donors (Lipinski definition) is 1. The van der Waals surface area contributed by atoms with Crippen molar-refractivity contribution in [2.24, 2.45) is 40.2 Å². The highest BCUT2D eigenvalue weighted by Crippen LogP contribution is 2.48. The number of aliphatic hydroxyl groups is 1.